The van der Waals surface area contributed by atoms with E-state index < -0.39 is 0 Å². The number of hydrogen-bond donors (Lipinski definition) is 0. The Morgan fingerprint density at radius 3 is 2.46 bits per heavy atom. The molecule has 1 saturated carbocycles. The number of carbonyl (C=O) groups excluding carboxylic acids is 1. The first-order valence-electron chi connectivity index (χ1n) is 12.8. The van der Waals surface area contributed by atoms with Crippen molar-refractivity contribution in [3.05, 3.63) is 42.7 Å². The fourth-order valence-electron chi connectivity index (χ4n) is 5.18. The topological polar surface area (TPSA) is 69.5 Å². The van der Waals surface area contributed by atoms with Gasteiger partial charge in [-0.3, -0.25) is 9.78 Å². The second-order valence-electron chi connectivity index (χ2n) is 11.3. The van der Waals surface area contributed by atoms with Crippen molar-refractivity contribution >= 4 is 29.5 Å². The molecule has 1 amide bonds. The van der Waals surface area contributed by atoms with Gasteiger partial charge in [-0.05, 0) is 64.4 Å². The normalized spacial score (nSPS) is 23.4. The zero-order valence-corrected chi connectivity index (χ0v) is 21.0. The second kappa shape index (κ2) is 8.17. The molecule has 0 bridgehead atoms. The van der Waals surface area contributed by atoms with Crippen LogP contribution in [0.5, 0.6) is 0 Å². The van der Waals surface area contributed by atoms with E-state index in [0.29, 0.717) is 11.8 Å². The molecule has 0 unspecified atom stereocenters. The van der Waals surface area contributed by atoms with Crippen LogP contribution < -0.4 is 5.46 Å². The molecule has 7 nitrogen and oxygen atoms in total. The first-order valence-corrected chi connectivity index (χ1v) is 12.8. The highest BCUT2D eigenvalue weighted by atomic mass is 16.7. The van der Waals surface area contributed by atoms with Crippen molar-refractivity contribution in [2.24, 2.45) is 11.8 Å². The molecule has 2 saturated heterocycles. The van der Waals surface area contributed by atoms with Gasteiger partial charge in [0.25, 0.3) is 0 Å². The Morgan fingerprint density at radius 2 is 1.77 bits per heavy atom. The fourth-order valence-corrected chi connectivity index (χ4v) is 5.18. The molecule has 1 atom stereocenters. The van der Waals surface area contributed by atoms with E-state index in [4.69, 9.17) is 14.3 Å². The van der Waals surface area contributed by atoms with E-state index in [0.717, 1.165) is 66.8 Å². The van der Waals surface area contributed by atoms with Crippen molar-refractivity contribution < 1.29 is 14.1 Å². The first kappa shape index (κ1) is 22.7. The highest BCUT2D eigenvalue weighted by molar-refractivity contribution is 6.62. The molecule has 8 heteroatoms. The van der Waals surface area contributed by atoms with Crippen LogP contribution in [0.2, 0.25) is 0 Å². The molecule has 4 heterocycles. The van der Waals surface area contributed by atoms with Crippen molar-refractivity contribution in [3.63, 3.8) is 0 Å². The van der Waals surface area contributed by atoms with Gasteiger partial charge in [0.1, 0.15) is 11.3 Å². The third-order valence-corrected chi connectivity index (χ3v) is 8.21. The lowest BCUT2D eigenvalue weighted by molar-refractivity contribution is -0.131. The van der Waals surface area contributed by atoms with Crippen LogP contribution in [0.4, 0.5) is 0 Å². The molecule has 2 aromatic heterocycles. The second-order valence-corrected chi connectivity index (χ2v) is 11.3. The molecule has 3 fully saturated rings. The minimum atomic E-state index is -0.384. The molecule has 0 N–H and O–H groups in total. The van der Waals surface area contributed by atoms with E-state index in [1.165, 1.54) is 0 Å². The molecule has 3 aliphatic rings. The lowest BCUT2D eigenvalue weighted by Crippen LogP contribution is -2.41. The van der Waals surface area contributed by atoms with Crippen LogP contribution in [0.3, 0.4) is 0 Å². The minimum Gasteiger partial charge on any atom is -0.399 e. The number of likely N-dealkylation sites (tertiary alicyclic amines) is 1. The molecule has 6 rings (SSSR count). The lowest BCUT2D eigenvalue weighted by atomic mass is 9.79. The van der Waals surface area contributed by atoms with Gasteiger partial charge in [0.05, 0.1) is 22.9 Å². The molecule has 3 aromatic rings. The molecule has 182 valence electrons. The van der Waals surface area contributed by atoms with Crippen LogP contribution in [0.25, 0.3) is 22.4 Å². The predicted molar refractivity (Wildman–Crippen MR) is 136 cm³/mol. The Hall–Kier alpha value is -2.71. The third-order valence-electron chi connectivity index (χ3n) is 8.21. The van der Waals surface area contributed by atoms with Gasteiger partial charge in [0.2, 0.25) is 5.91 Å². The predicted octanol–water partition coefficient (Wildman–Crippen LogP) is 3.66. The maximum atomic E-state index is 12.6. The molecular formula is C27H33BN4O3. The SMILES string of the molecule is CC1(C)OB(c2ccc(-c3nc4cnccc4n3C[C@H]3CCN(C(=O)C4CC4)C3)cc2)OC1(C)C. The molecule has 35 heavy (non-hydrogen) atoms. The highest BCUT2D eigenvalue weighted by Gasteiger charge is 2.51. The summed E-state index contributed by atoms with van der Waals surface area (Å²) < 4.78 is 14.7. The van der Waals surface area contributed by atoms with Gasteiger partial charge in [-0.1, -0.05) is 24.3 Å². The van der Waals surface area contributed by atoms with E-state index in [1.807, 2.05) is 18.5 Å². The zero-order valence-electron chi connectivity index (χ0n) is 21.0. The number of carbonyl (C=O) groups is 1. The van der Waals surface area contributed by atoms with Gasteiger partial charge in [-0.2, -0.15) is 0 Å². The van der Waals surface area contributed by atoms with Crippen molar-refractivity contribution in [1.82, 2.24) is 19.4 Å². The van der Waals surface area contributed by atoms with Gasteiger partial charge >= 0.3 is 7.12 Å². The van der Waals surface area contributed by atoms with Gasteiger partial charge < -0.3 is 18.8 Å². The molecule has 1 aliphatic carbocycles. The number of benzene rings is 1. The first-order chi connectivity index (χ1) is 16.7. The van der Waals surface area contributed by atoms with Crippen LogP contribution in [-0.2, 0) is 20.6 Å². The van der Waals surface area contributed by atoms with E-state index in [2.05, 4.69) is 66.4 Å². The van der Waals surface area contributed by atoms with Gasteiger partial charge in [-0.25, -0.2) is 4.98 Å². The Bertz CT molecular complexity index is 1250. The van der Waals surface area contributed by atoms with Crippen LogP contribution >= 0.6 is 0 Å². The highest BCUT2D eigenvalue weighted by Crippen LogP contribution is 2.37. The molecule has 1 aromatic carbocycles. The van der Waals surface area contributed by atoms with Crippen molar-refractivity contribution in [2.75, 3.05) is 13.1 Å². The summed E-state index contributed by atoms with van der Waals surface area (Å²) in [5.41, 5.74) is 3.28. The monoisotopic (exact) mass is 472 g/mol. The Kier molecular flexibility index (Phi) is 5.31. The van der Waals surface area contributed by atoms with E-state index in [9.17, 15) is 4.79 Å². The summed E-state index contributed by atoms with van der Waals surface area (Å²) in [7, 11) is -0.384. The molecule has 0 radical (unpaired) electrons. The summed E-state index contributed by atoms with van der Waals surface area (Å²) in [4.78, 5) is 23.9. The number of rotatable bonds is 5. The van der Waals surface area contributed by atoms with Crippen molar-refractivity contribution in [2.45, 2.75) is 64.7 Å². The Balaban J connectivity index is 1.26. The average molecular weight is 472 g/mol. The Labute approximate surface area is 207 Å². The summed E-state index contributed by atoms with van der Waals surface area (Å²) >= 11 is 0. The molecule has 2 aliphatic heterocycles. The van der Waals surface area contributed by atoms with Crippen molar-refractivity contribution in [3.8, 4) is 11.4 Å². The van der Waals surface area contributed by atoms with Crippen LogP contribution in [-0.4, -0.2) is 56.8 Å². The minimum absolute atomic E-state index is 0.284. The summed E-state index contributed by atoms with van der Waals surface area (Å²) in [6.07, 6.45) is 6.80. The summed E-state index contributed by atoms with van der Waals surface area (Å²) in [5.74, 6) is 1.99. The van der Waals surface area contributed by atoms with E-state index >= 15 is 0 Å². The fraction of sp³-hybridized carbons (Fsp3) is 0.519. The number of aromatic nitrogens is 3. The molecular weight excluding hydrogens is 439 g/mol. The maximum Gasteiger partial charge on any atom is 0.494 e. The van der Waals surface area contributed by atoms with Gasteiger partial charge in [0.15, 0.2) is 0 Å². The summed E-state index contributed by atoms with van der Waals surface area (Å²) in [6, 6.07) is 10.4. The Morgan fingerprint density at radius 1 is 1.06 bits per heavy atom. The van der Waals surface area contributed by atoms with Crippen LogP contribution in [0.15, 0.2) is 42.7 Å². The van der Waals surface area contributed by atoms with E-state index in [-0.39, 0.29) is 24.2 Å². The van der Waals surface area contributed by atoms with E-state index in [1.54, 1.807) is 0 Å². The summed E-state index contributed by atoms with van der Waals surface area (Å²) in [5, 5.41) is 0. The smallest absolute Gasteiger partial charge is 0.399 e. The number of nitrogens with zero attached hydrogens (tertiary/aromatic N) is 4. The number of amides is 1. The van der Waals surface area contributed by atoms with Gasteiger partial charge in [-0.15, -0.1) is 0 Å². The third kappa shape index (κ3) is 4.06. The van der Waals surface area contributed by atoms with Crippen molar-refractivity contribution in [1.29, 1.82) is 0 Å². The average Bonchev–Trinajstić information content (AvgIpc) is 3.40. The number of hydrogen-bond acceptors (Lipinski definition) is 5. The number of imidazole rings is 1. The number of pyridine rings is 1. The lowest BCUT2D eigenvalue weighted by Gasteiger charge is -2.32. The maximum absolute atomic E-state index is 12.6. The largest absolute Gasteiger partial charge is 0.494 e. The van der Waals surface area contributed by atoms with Crippen LogP contribution in [0.1, 0.15) is 47.0 Å². The zero-order chi connectivity index (χ0) is 24.4. The molecule has 0 spiro atoms. The van der Waals surface area contributed by atoms with Crippen LogP contribution in [0, 0.1) is 11.8 Å². The summed E-state index contributed by atoms with van der Waals surface area (Å²) in [6.45, 7) is 10.8. The van der Waals surface area contributed by atoms with Gasteiger partial charge in [0, 0.05) is 37.3 Å². The standard InChI is InChI=1S/C27H33BN4O3/c1-26(2)27(3,4)35-28(34-26)21-9-7-19(8-10-21)24-30-22-15-29-13-11-23(22)32(24)17-18-12-14-31(16-18)25(33)20-5-6-20/h7-11,13,15,18,20H,5-6,12,14,16-17H2,1-4H3/t18-/m0/s1. The number of fused-ring (bicyclic) bond motifs is 1. The quantitative estimate of drug-likeness (QED) is 0.531.